The van der Waals surface area contributed by atoms with Gasteiger partial charge in [0.2, 0.25) is 0 Å². The molecule has 2 aromatic heterocycles. The van der Waals surface area contributed by atoms with Gasteiger partial charge in [0.25, 0.3) is 0 Å². The van der Waals surface area contributed by atoms with Gasteiger partial charge in [0, 0.05) is 16.9 Å². The Hall–Kier alpha value is -3.05. The fourth-order valence-corrected chi connectivity index (χ4v) is 3.01. The monoisotopic (exact) mass is 364 g/mol. The van der Waals surface area contributed by atoms with Crippen molar-refractivity contribution in [2.75, 3.05) is 12.4 Å². The van der Waals surface area contributed by atoms with E-state index in [4.69, 9.17) is 21.4 Å². The lowest BCUT2D eigenvalue weighted by molar-refractivity contribution is 0.414. The van der Waals surface area contributed by atoms with Gasteiger partial charge in [-0.05, 0) is 48.0 Å². The Morgan fingerprint density at radius 3 is 2.69 bits per heavy atom. The SMILES string of the molecule is COc1ccc(Cn2nc(Nc3cccc(Cl)c3)c3cccnc32)cc1. The number of rotatable bonds is 5. The highest BCUT2D eigenvalue weighted by Gasteiger charge is 2.12. The third-order valence-corrected chi connectivity index (χ3v) is 4.32. The number of fused-ring (bicyclic) bond motifs is 1. The predicted molar refractivity (Wildman–Crippen MR) is 104 cm³/mol. The van der Waals surface area contributed by atoms with Crippen molar-refractivity contribution in [3.8, 4) is 5.75 Å². The minimum Gasteiger partial charge on any atom is -0.497 e. The van der Waals surface area contributed by atoms with Gasteiger partial charge in [-0.1, -0.05) is 29.8 Å². The number of ether oxygens (including phenoxy) is 1. The standard InChI is InChI=1S/C20H17ClN4O/c1-26-17-9-7-14(8-10-17)13-25-20-18(6-3-11-22-20)19(24-25)23-16-5-2-4-15(21)12-16/h2-12H,13H2,1H3,(H,23,24). The highest BCUT2D eigenvalue weighted by Crippen LogP contribution is 2.26. The van der Waals surface area contributed by atoms with E-state index >= 15 is 0 Å². The summed E-state index contributed by atoms with van der Waals surface area (Å²) >= 11 is 6.08. The Balaban J connectivity index is 1.69. The minimum absolute atomic E-state index is 0.620. The number of nitrogens with zero attached hydrogens (tertiary/aromatic N) is 3. The number of anilines is 2. The normalized spacial score (nSPS) is 10.8. The van der Waals surface area contributed by atoms with Crippen molar-refractivity contribution in [3.05, 3.63) is 77.4 Å². The fraction of sp³-hybridized carbons (Fsp3) is 0.100. The van der Waals surface area contributed by atoms with Crippen LogP contribution in [0.4, 0.5) is 11.5 Å². The van der Waals surface area contributed by atoms with Crippen LogP contribution < -0.4 is 10.1 Å². The highest BCUT2D eigenvalue weighted by atomic mass is 35.5. The first-order chi connectivity index (χ1) is 12.7. The van der Waals surface area contributed by atoms with Crippen LogP contribution in [0.25, 0.3) is 11.0 Å². The smallest absolute Gasteiger partial charge is 0.162 e. The Morgan fingerprint density at radius 1 is 1.08 bits per heavy atom. The van der Waals surface area contributed by atoms with Crippen molar-refractivity contribution >= 4 is 34.1 Å². The average molecular weight is 365 g/mol. The van der Waals surface area contributed by atoms with Crippen molar-refractivity contribution < 1.29 is 4.74 Å². The molecular formula is C20H17ClN4O. The summed E-state index contributed by atoms with van der Waals surface area (Å²) in [5, 5.41) is 9.69. The number of benzene rings is 2. The summed E-state index contributed by atoms with van der Waals surface area (Å²) in [4.78, 5) is 4.50. The molecule has 0 aliphatic rings. The van der Waals surface area contributed by atoms with Gasteiger partial charge in [-0.15, -0.1) is 0 Å². The molecule has 2 aromatic carbocycles. The van der Waals surface area contributed by atoms with Gasteiger partial charge < -0.3 is 10.1 Å². The molecule has 6 heteroatoms. The lowest BCUT2D eigenvalue weighted by atomic mass is 10.2. The maximum absolute atomic E-state index is 6.08. The van der Waals surface area contributed by atoms with Crippen molar-refractivity contribution in [3.63, 3.8) is 0 Å². The summed E-state index contributed by atoms with van der Waals surface area (Å²) in [7, 11) is 1.66. The first-order valence-corrected chi connectivity index (χ1v) is 8.58. The molecule has 1 N–H and O–H groups in total. The van der Waals surface area contributed by atoms with E-state index in [-0.39, 0.29) is 0 Å². The van der Waals surface area contributed by atoms with E-state index in [1.807, 2.05) is 65.3 Å². The maximum Gasteiger partial charge on any atom is 0.162 e. The minimum atomic E-state index is 0.620. The van der Waals surface area contributed by atoms with E-state index in [9.17, 15) is 0 Å². The number of hydrogen-bond donors (Lipinski definition) is 1. The second-order valence-electron chi connectivity index (χ2n) is 5.86. The van der Waals surface area contributed by atoms with E-state index in [0.717, 1.165) is 33.9 Å². The number of pyridine rings is 1. The molecule has 0 saturated carbocycles. The van der Waals surface area contributed by atoms with Crippen LogP contribution >= 0.6 is 11.6 Å². The topological polar surface area (TPSA) is 52.0 Å². The Morgan fingerprint density at radius 2 is 1.92 bits per heavy atom. The molecule has 0 amide bonds. The van der Waals surface area contributed by atoms with Crippen LogP contribution in [0.5, 0.6) is 5.75 Å². The average Bonchev–Trinajstić information content (AvgIpc) is 3.00. The van der Waals surface area contributed by atoms with Gasteiger partial charge in [0.1, 0.15) is 5.75 Å². The van der Waals surface area contributed by atoms with Gasteiger partial charge >= 0.3 is 0 Å². The lowest BCUT2D eigenvalue weighted by Crippen LogP contribution is -2.03. The molecule has 0 bridgehead atoms. The molecule has 130 valence electrons. The molecule has 2 heterocycles. The van der Waals surface area contributed by atoms with E-state index in [1.165, 1.54) is 0 Å². The Kier molecular flexibility index (Phi) is 4.46. The quantitative estimate of drug-likeness (QED) is 0.548. The second kappa shape index (κ2) is 7.06. The van der Waals surface area contributed by atoms with Gasteiger partial charge in [0.05, 0.1) is 19.0 Å². The van der Waals surface area contributed by atoms with Crippen molar-refractivity contribution in [2.24, 2.45) is 0 Å². The zero-order valence-corrected chi connectivity index (χ0v) is 14.9. The van der Waals surface area contributed by atoms with Gasteiger partial charge in [0.15, 0.2) is 11.5 Å². The van der Waals surface area contributed by atoms with Crippen molar-refractivity contribution in [2.45, 2.75) is 6.54 Å². The maximum atomic E-state index is 6.08. The molecule has 0 fully saturated rings. The third kappa shape index (κ3) is 3.34. The van der Waals surface area contributed by atoms with Crippen LogP contribution in [0, 0.1) is 0 Å². The zero-order valence-electron chi connectivity index (χ0n) is 14.2. The number of methoxy groups -OCH3 is 1. The summed E-state index contributed by atoms with van der Waals surface area (Å²) < 4.78 is 7.11. The summed E-state index contributed by atoms with van der Waals surface area (Å²) in [6.07, 6.45) is 1.78. The second-order valence-corrected chi connectivity index (χ2v) is 6.30. The Labute approximate surface area is 156 Å². The molecule has 0 aliphatic carbocycles. The van der Waals surface area contributed by atoms with Crippen LogP contribution in [0.15, 0.2) is 66.9 Å². The summed E-state index contributed by atoms with van der Waals surface area (Å²) in [5.41, 5.74) is 2.83. The number of halogens is 1. The molecule has 4 aromatic rings. The molecule has 0 spiro atoms. The summed E-state index contributed by atoms with van der Waals surface area (Å²) in [6.45, 7) is 0.620. The van der Waals surface area contributed by atoms with E-state index in [2.05, 4.69) is 10.3 Å². The molecule has 0 aliphatic heterocycles. The van der Waals surface area contributed by atoms with Gasteiger partial charge in [-0.2, -0.15) is 5.10 Å². The zero-order chi connectivity index (χ0) is 17.9. The van der Waals surface area contributed by atoms with Gasteiger partial charge in [-0.25, -0.2) is 9.67 Å². The van der Waals surface area contributed by atoms with Crippen molar-refractivity contribution in [1.82, 2.24) is 14.8 Å². The van der Waals surface area contributed by atoms with Gasteiger partial charge in [-0.3, -0.25) is 0 Å². The summed E-state index contributed by atoms with van der Waals surface area (Å²) in [5.74, 6) is 1.59. The first-order valence-electron chi connectivity index (χ1n) is 8.20. The third-order valence-electron chi connectivity index (χ3n) is 4.09. The molecule has 0 atom stereocenters. The number of hydrogen-bond acceptors (Lipinski definition) is 4. The number of aromatic nitrogens is 3. The molecule has 0 radical (unpaired) electrons. The van der Waals surface area contributed by atoms with E-state index < -0.39 is 0 Å². The molecule has 5 nitrogen and oxygen atoms in total. The van der Waals surface area contributed by atoms with Crippen molar-refractivity contribution in [1.29, 1.82) is 0 Å². The lowest BCUT2D eigenvalue weighted by Gasteiger charge is -2.05. The predicted octanol–water partition coefficient (Wildman–Crippen LogP) is 4.89. The van der Waals surface area contributed by atoms with Crippen LogP contribution in [-0.2, 0) is 6.54 Å². The van der Waals surface area contributed by atoms with Crippen LogP contribution in [0.2, 0.25) is 5.02 Å². The summed E-state index contributed by atoms with van der Waals surface area (Å²) in [6, 6.07) is 19.4. The van der Waals surface area contributed by atoms with Crippen LogP contribution in [0.1, 0.15) is 5.56 Å². The fourth-order valence-electron chi connectivity index (χ4n) is 2.82. The number of nitrogens with one attached hydrogen (secondary N) is 1. The van der Waals surface area contributed by atoms with E-state index in [1.54, 1.807) is 13.3 Å². The molecule has 4 rings (SSSR count). The Bertz CT molecular complexity index is 1040. The van der Waals surface area contributed by atoms with E-state index in [0.29, 0.717) is 11.6 Å². The molecule has 0 saturated heterocycles. The largest absolute Gasteiger partial charge is 0.497 e. The highest BCUT2D eigenvalue weighted by molar-refractivity contribution is 6.30. The molecular weight excluding hydrogens is 348 g/mol. The molecule has 0 unspecified atom stereocenters. The van der Waals surface area contributed by atoms with Crippen LogP contribution in [-0.4, -0.2) is 21.9 Å². The first kappa shape index (κ1) is 16.4. The molecule has 26 heavy (non-hydrogen) atoms. The van der Waals surface area contributed by atoms with Crippen LogP contribution in [0.3, 0.4) is 0 Å².